The number of benzene rings is 4. The zero-order chi connectivity index (χ0) is 26.6. The van der Waals surface area contributed by atoms with Crippen LogP contribution in [0.1, 0.15) is 11.1 Å². The maximum atomic E-state index is 13.3. The van der Waals surface area contributed by atoms with Crippen LogP contribution in [0.2, 0.25) is 10.0 Å². The molecule has 0 aromatic heterocycles. The highest BCUT2D eigenvalue weighted by Gasteiger charge is 2.33. The number of primary sulfonamides is 2. The van der Waals surface area contributed by atoms with Gasteiger partial charge in [0, 0.05) is 26.6 Å². The number of ether oxygens (including phenoxy) is 1. The Morgan fingerprint density at radius 3 is 1.67 bits per heavy atom. The maximum Gasteiger partial charge on any atom is 0.239 e. The summed E-state index contributed by atoms with van der Waals surface area (Å²) in [5.41, 5.74) is 1.76. The summed E-state index contributed by atoms with van der Waals surface area (Å²) in [6.07, 6.45) is 0. The molecule has 188 valence electrons. The molecule has 36 heavy (non-hydrogen) atoms. The zero-order valence-electron chi connectivity index (χ0n) is 19.5. The molecule has 0 amide bonds. The van der Waals surface area contributed by atoms with Crippen molar-refractivity contribution in [3.8, 4) is 28.0 Å². The van der Waals surface area contributed by atoms with Gasteiger partial charge in [-0.15, -0.1) is 0 Å². The second-order valence-electron chi connectivity index (χ2n) is 8.23. The molecule has 11 heteroatoms. The Labute approximate surface area is 219 Å². The summed E-state index contributed by atoms with van der Waals surface area (Å²) in [7, 11) is -7.62. The van der Waals surface area contributed by atoms with E-state index in [9.17, 15) is 16.8 Å². The number of sulfonamides is 2. The Morgan fingerprint density at radius 1 is 0.694 bits per heavy atom. The molecule has 0 atom stereocenters. The monoisotopic (exact) mass is 564 g/mol. The van der Waals surface area contributed by atoms with Gasteiger partial charge in [0.15, 0.2) is 0 Å². The van der Waals surface area contributed by atoms with Gasteiger partial charge in [-0.25, -0.2) is 27.1 Å². The standard InChI is InChI=1S/C25H22Cl2N2O5S2/c1-13-16(6-4-8-20(13)26)22-18-11-10-15(34-3)12-19(18)24(35(28,30)31)23(25(22)36(29,32)33)17-7-5-9-21(27)14(17)2/h4-12H,1-3H3,(H2,28,30,31)(H2,29,32,33). The molecule has 0 heterocycles. The smallest absolute Gasteiger partial charge is 0.239 e. The molecule has 0 fully saturated rings. The summed E-state index contributed by atoms with van der Waals surface area (Å²) in [5.74, 6) is 0.346. The van der Waals surface area contributed by atoms with Crippen molar-refractivity contribution in [1.29, 1.82) is 0 Å². The van der Waals surface area contributed by atoms with Gasteiger partial charge in [0.1, 0.15) is 5.75 Å². The second-order valence-corrected chi connectivity index (χ2v) is 12.0. The average molecular weight is 566 g/mol. The first-order valence-corrected chi connectivity index (χ1v) is 14.4. The van der Waals surface area contributed by atoms with Crippen molar-refractivity contribution < 1.29 is 21.6 Å². The number of hydrogen-bond donors (Lipinski definition) is 2. The topological polar surface area (TPSA) is 130 Å². The van der Waals surface area contributed by atoms with E-state index >= 15 is 0 Å². The van der Waals surface area contributed by atoms with Crippen LogP contribution in [-0.2, 0) is 20.0 Å². The van der Waals surface area contributed by atoms with E-state index in [1.54, 1.807) is 62.4 Å². The van der Waals surface area contributed by atoms with Crippen LogP contribution < -0.4 is 15.0 Å². The highest BCUT2D eigenvalue weighted by Crippen LogP contribution is 2.48. The maximum absolute atomic E-state index is 13.3. The van der Waals surface area contributed by atoms with E-state index < -0.39 is 29.8 Å². The van der Waals surface area contributed by atoms with Gasteiger partial charge in [-0.3, -0.25) is 0 Å². The van der Waals surface area contributed by atoms with Crippen LogP contribution in [0.5, 0.6) is 5.75 Å². The number of rotatable bonds is 5. The molecule has 4 aromatic carbocycles. The highest BCUT2D eigenvalue weighted by molar-refractivity contribution is 7.90. The molecule has 0 aliphatic rings. The molecular weight excluding hydrogens is 543 g/mol. The molecule has 0 aliphatic heterocycles. The molecular formula is C25H22Cl2N2O5S2. The lowest BCUT2D eigenvalue weighted by atomic mass is 9.89. The molecule has 4 rings (SSSR count). The Hall–Kier alpha value is -2.66. The van der Waals surface area contributed by atoms with E-state index in [2.05, 4.69) is 0 Å². The number of nitrogens with two attached hydrogens (primary N) is 2. The molecule has 0 saturated carbocycles. The first-order valence-electron chi connectivity index (χ1n) is 10.5. The molecule has 0 saturated heterocycles. The van der Waals surface area contributed by atoms with Gasteiger partial charge in [0.25, 0.3) is 0 Å². The average Bonchev–Trinajstić information content (AvgIpc) is 2.79. The van der Waals surface area contributed by atoms with Crippen LogP contribution in [-0.4, -0.2) is 23.9 Å². The largest absolute Gasteiger partial charge is 0.497 e. The van der Waals surface area contributed by atoms with Gasteiger partial charge < -0.3 is 4.74 Å². The fourth-order valence-electron chi connectivity index (χ4n) is 4.39. The van der Waals surface area contributed by atoms with E-state index in [-0.39, 0.29) is 27.5 Å². The van der Waals surface area contributed by atoms with E-state index in [0.717, 1.165) is 0 Å². The third kappa shape index (κ3) is 4.47. The fourth-order valence-corrected chi connectivity index (χ4v) is 6.78. The number of fused-ring (bicyclic) bond motifs is 1. The number of hydrogen-bond acceptors (Lipinski definition) is 5. The van der Waals surface area contributed by atoms with Crippen molar-refractivity contribution in [2.45, 2.75) is 23.6 Å². The molecule has 4 aromatic rings. The van der Waals surface area contributed by atoms with Crippen LogP contribution in [0.25, 0.3) is 33.0 Å². The summed E-state index contributed by atoms with van der Waals surface area (Å²) in [6, 6.07) is 14.5. The van der Waals surface area contributed by atoms with E-state index in [1.807, 2.05) is 0 Å². The molecule has 0 bridgehead atoms. The number of methoxy groups -OCH3 is 1. The van der Waals surface area contributed by atoms with E-state index in [0.29, 0.717) is 32.5 Å². The van der Waals surface area contributed by atoms with Crippen LogP contribution in [0, 0.1) is 13.8 Å². The lowest BCUT2D eigenvalue weighted by molar-refractivity contribution is 0.415. The number of halogens is 2. The predicted octanol–water partition coefficient (Wildman–Crippen LogP) is 5.40. The summed E-state index contributed by atoms with van der Waals surface area (Å²) in [4.78, 5) is -0.811. The molecule has 7 nitrogen and oxygen atoms in total. The van der Waals surface area contributed by atoms with Gasteiger partial charge in [0.05, 0.1) is 16.9 Å². The Balaban J connectivity index is 2.48. The van der Waals surface area contributed by atoms with Crippen molar-refractivity contribution in [3.63, 3.8) is 0 Å². The van der Waals surface area contributed by atoms with Crippen LogP contribution >= 0.6 is 23.2 Å². The minimum Gasteiger partial charge on any atom is -0.497 e. The predicted molar refractivity (Wildman–Crippen MR) is 144 cm³/mol. The highest BCUT2D eigenvalue weighted by atomic mass is 35.5. The van der Waals surface area contributed by atoms with Gasteiger partial charge in [0.2, 0.25) is 20.0 Å². The summed E-state index contributed by atoms with van der Waals surface area (Å²) < 4.78 is 58.2. The van der Waals surface area contributed by atoms with Gasteiger partial charge in [-0.1, -0.05) is 47.5 Å². The van der Waals surface area contributed by atoms with Gasteiger partial charge in [-0.05, 0) is 71.8 Å². The van der Waals surface area contributed by atoms with Crippen molar-refractivity contribution in [1.82, 2.24) is 0 Å². The molecule has 0 radical (unpaired) electrons. The minimum absolute atomic E-state index is 0.160. The first-order chi connectivity index (χ1) is 16.8. The molecule has 0 aliphatic carbocycles. The van der Waals surface area contributed by atoms with Gasteiger partial charge in [-0.2, -0.15) is 0 Å². The Morgan fingerprint density at radius 2 is 1.19 bits per heavy atom. The van der Waals surface area contributed by atoms with Crippen LogP contribution in [0.15, 0.2) is 64.4 Å². The van der Waals surface area contributed by atoms with Crippen molar-refractivity contribution in [2.24, 2.45) is 10.3 Å². The van der Waals surface area contributed by atoms with Crippen LogP contribution in [0.4, 0.5) is 0 Å². The summed E-state index contributed by atoms with van der Waals surface area (Å²) in [6.45, 7) is 3.38. The zero-order valence-corrected chi connectivity index (χ0v) is 22.6. The van der Waals surface area contributed by atoms with Crippen LogP contribution in [0.3, 0.4) is 0 Å². The normalized spacial score (nSPS) is 12.2. The third-order valence-electron chi connectivity index (χ3n) is 6.06. The Bertz CT molecular complexity index is 1770. The fraction of sp³-hybridized carbons (Fsp3) is 0.120. The van der Waals surface area contributed by atoms with Crippen molar-refractivity contribution in [2.75, 3.05) is 7.11 Å². The van der Waals surface area contributed by atoms with Crippen molar-refractivity contribution >= 4 is 54.0 Å². The summed E-state index contributed by atoms with van der Waals surface area (Å²) >= 11 is 12.8. The quantitative estimate of drug-likeness (QED) is 0.335. The van der Waals surface area contributed by atoms with Crippen molar-refractivity contribution in [3.05, 3.63) is 75.8 Å². The van der Waals surface area contributed by atoms with E-state index in [1.165, 1.54) is 13.2 Å². The first kappa shape index (κ1) is 26.4. The molecule has 4 N–H and O–H groups in total. The second kappa shape index (κ2) is 9.33. The minimum atomic E-state index is -4.55. The molecule has 0 spiro atoms. The Kier molecular flexibility index (Phi) is 6.85. The van der Waals surface area contributed by atoms with Gasteiger partial charge >= 0.3 is 0 Å². The SMILES string of the molecule is COc1ccc2c(-c3cccc(Cl)c3C)c(S(N)(=O)=O)c(-c3cccc(Cl)c3C)c(S(N)(=O)=O)c2c1. The lowest BCUT2D eigenvalue weighted by Crippen LogP contribution is -2.20. The lowest BCUT2D eigenvalue weighted by Gasteiger charge is -2.23. The van der Waals surface area contributed by atoms with E-state index in [4.69, 9.17) is 38.2 Å². The summed E-state index contributed by atoms with van der Waals surface area (Å²) in [5, 5.41) is 12.7. The molecule has 0 unspecified atom stereocenters. The third-order valence-corrected chi connectivity index (χ3v) is 8.85.